The molecule has 1 N–H and O–H groups in total. The molecule has 0 spiro atoms. The standard InChI is InChI=1S/C19H15N3O5S/c23-18(20-11-14-5-1-2-8-15(14)22(24)25)12-21-16-9-3-6-13-7-4-10-17(19(13)16)28(21,26)27/h1-10H,11-12H2,(H,20,23). The molecule has 28 heavy (non-hydrogen) atoms. The number of nitrogens with one attached hydrogen (secondary N) is 1. The molecular weight excluding hydrogens is 382 g/mol. The Morgan fingerprint density at radius 2 is 1.75 bits per heavy atom. The molecule has 0 saturated carbocycles. The third-order valence-corrected chi connectivity index (χ3v) is 6.43. The summed E-state index contributed by atoms with van der Waals surface area (Å²) >= 11 is 0. The number of para-hydroxylation sites is 1. The summed E-state index contributed by atoms with van der Waals surface area (Å²) in [7, 11) is -3.83. The molecule has 9 heteroatoms. The van der Waals surface area contributed by atoms with E-state index >= 15 is 0 Å². The number of benzene rings is 3. The van der Waals surface area contributed by atoms with Gasteiger partial charge in [-0.1, -0.05) is 42.5 Å². The Kier molecular flexibility index (Phi) is 4.23. The van der Waals surface area contributed by atoms with Crippen LogP contribution in [0.1, 0.15) is 5.56 Å². The average molecular weight is 397 g/mol. The van der Waals surface area contributed by atoms with Gasteiger partial charge in [0.05, 0.1) is 15.5 Å². The zero-order valence-electron chi connectivity index (χ0n) is 14.5. The number of carbonyl (C=O) groups excluding carboxylic acids is 1. The number of anilines is 1. The van der Waals surface area contributed by atoms with E-state index in [2.05, 4.69) is 5.32 Å². The highest BCUT2D eigenvalue weighted by Gasteiger charge is 2.36. The third kappa shape index (κ3) is 2.85. The Balaban J connectivity index is 1.57. The maximum absolute atomic E-state index is 12.9. The summed E-state index contributed by atoms with van der Waals surface area (Å²) in [4.78, 5) is 23.1. The van der Waals surface area contributed by atoms with Crippen LogP contribution >= 0.6 is 0 Å². The van der Waals surface area contributed by atoms with Crippen molar-refractivity contribution >= 4 is 38.1 Å². The summed E-state index contributed by atoms with van der Waals surface area (Å²) in [5.74, 6) is -0.550. The highest BCUT2D eigenvalue weighted by Crippen LogP contribution is 2.41. The predicted octanol–water partition coefficient (Wildman–Crippen LogP) is 2.57. The van der Waals surface area contributed by atoms with Gasteiger partial charge in [-0.2, -0.15) is 0 Å². The smallest absolute Gasteiger partial charge is 0.274 e. The quantitative estimate of drug-likeness (QED) is 0.526. The molecule has 1 aliphatic rings. The topological polar surface area (TPSA) is 110 Å². The molecule has 1 aliphatic heterocycles. The predicted molar refractivity (Wildman–Crippen MR) is 103 cm³/mol. The van der Waals surface area contributed by atoms with Crippen molar-refractivity contribution in [3.8, 4) is 0 Å². The maximum atomic E-state index is 12.9. The van der Waals surface area contributed by atoms with Gasteiger partial charge >= 0.3 is 0 Å². The van der Waals surface area contributed by atoms with E-state index in [1.165, 1.54) is 18.2 Å². The zero-order chi connectivity index (χ0) is 19.9. The summed E-state index contributed by atoms with van der Waals surface area (Å²) in [6, 6.07) is 16.3. The van der Waals surface area contributed by atoms with E-state index in [0.29, 0.717) is 16.6 Å². The summed E-state index contributed by atoms with van der Waals surface area (Å²) < 4.78 is 26.8. The molecule has 0 saturated heterocycles. The molecule has 8 nitrogen and oxygen atoms in total. The SMILES string of the molecule is O=C(CN1c2cccc3cccc(c23)S1(=O)=O)NCc1ccccc1[N+](=O)[O-]. The molecule has 1 amide bonds. The second-order valence-electron chi connectivity index (χ2n) is 6.31. The fourth-order valence-corrected chi connectivity index (χ4v) is 5.01. The van der Waals surface area contributed by atoms with E-state index in [4.69, 9.17) is 0 Å². The summed E-state index contributed by atoms with van der Waals surface area (Å²) in [6.07, 6.45) is 0. The average Bonchev–Trinajstić information content (AvgIpc) is 2.90. The molecule has 0 unspecified atom stereocenters. The van der Waals surface area contributed by atoms with Crippen molar-refractivity contribution < 1.29 is 18.1 Å². The van der Waals surface area contributed by atoms with Crippen LogP contribution in [0, 0.1) is 10.1 Å². The maximum Gasteiger partial charge on any atom is 0.274 e. The lowest BCUT2D eigenvalue weighted by molar-refractivity contribution is -0.385. The van der Waals surface area contributed by atoms with Crippen LogP contribution in [0.15, 0.2) is 65.6 Å². The first-order chi connectivity index (χ1) is 13.4. The van der Waals surface area contributed by atoms with Gasteiger partial charge in [-0.3, -0.25) is 19.2 Å². The number of carbonyl (C=O) groups is 1. The number of rotatable bonds is 5. The largest absolute Gasteiger partial charge is 0.350 e. The minimum Gasteiger partial charge on any atom is -0.350 e. The van der Waals surface area contributed by atoms with Crippen LogP contribution in [0.3, 0.4) is 0 Å². The van der Waals surface area contributed by atoms with Crippen LogP contribution < -0.4 is 9.62 Å². The van der Waals surface area contributed by atoms with Gasteiger partial charge in [0.15, 0.2) is 0 Å². The number of sulfonamides is 1. The summed E-state index contributed by atoms with van der Waals surface area (Å²) in [5.41, 5.74) is 0.693. The Morgan fingerprint density at radius 1 is 1.04 bits per heavy atom. The van der Waals surface area contributed by atoms with Crippen molar-refractivity contribution in [2.75, 3.05) is 10.8 Å². The van der Waals surface area contributed by atoms with Crippen molar-refractivity contribution in [3.05, 3.63) is 76.3 Å². The van der Waals surface area contributed by atoms with Gasteiger partial charge in [0.25, 0.3) is 15.7 Å². The molecule has 3 aromatic rings. The molecule has 0 atom stereocenters. The van der Waals surface area contributed by atoms with Gasteiger partial charge in [-0.05, 0) is 17.5 Å². The van der Waals surface area contributed by atoms with Crippen LogP contribution in [-0.4, -0.2) is 25.8 Å². The first-order valence-electron chi connectivity index (χ1n) is 8.43. The number of nitrogens with zero attached hydrogens (tertiary/aromatic N) is 2. The Morgan fingerprint density at radius 3 is 2.50 bits per heavy atom. The van der Waals surface area contributed by atoms with E-state index in [-0.39, 0.29) is 17.1 Å². The third-order valence-electron chi connectivity index (χ3n) is 4.63. The van der Waals surface area contributed by atoms with E-state index in [1.54, 1.807) is 30.3 Å². The second kappa shape index (κ2) is 6.61. The number of amides is 1. The molecule has 4 rings (SSSR count). The van der Waals surface area contributed by atoms with Crippen LogP contribution in [-0.2, 0) is 21.4 Å². The first-order valence-corrected chi connectivity index (χ1v) is 9.87. The van der Waals surface area contributed by atoms with Gasteiger partial charge in [0.1, 0.15) is 6.54 Å². The molecule has 142 valence electrons. The van der Waals surface area contributed by atoms with Crippen LogP contribution in [0.2, 0.25) is 0 Å². The van der Waals surface area contributed by atoms with Crippen molar-refractivity contribution in [2.45, 2.75) is 11.4 Å². The van der Waals surface area contributed by atoms with Crippen molar-refractivity contribution in [3.63, 3.8) is 0 Å². The van der Waals surface area contributed by atoms with Crippen LogP contribution in [0.4, 0.5) is 11.4 Å². The molecule has 0 aromatic heterocycles. The van der Waals surface area contributed by atoms with Gasteiger partial charge < -0.3 is 5.32 Å². The molecule has 1 heterocycles. The lowest BCUT2D eigenvalue weighted by atomic mass is 10.1. The van der Waals surface area contributed by atoms with E-state index in [9.17, 15) is 23.3 Å². The molecule has 0 radical (unpaired) electrons. The molecule has 0 bridgehead atoms. The lowest BCUT2D eigenvalue weighted by Gasteiger charge is -2.18. The number of nitro groups is 1. The molecule has 0 aliphatic carbocycles. The normalized spacial score (nSPS) is 14.2. The van der Waals surface area contributed by atoms with E-state index < -0.39 is 27.4 Å². The number of hydrogen-bond donors (Lipinski definition) is 1. The van der Waals surface area contributed by atoms with Gasteiger partial charge in [0, 0.05) is 23.6 Å². The van der Waals surface area contributed by atoms with E-state index in [1.807, 2.05) is 12.1 Å². The summed E-state index contributed by atoms with van der Waals surface area (Å²) in [5, 5.41) is 15.0. The van der Waals surface area contributed by atoms with Crippen LogP contribution in [0.25, 0.3) is 10.8 Å². The fourth-order valence-electron chi connectivity index (χ4n) is 3.35. The highest BCUT2D eigenvalue weighted by molar-refractivity contribution is 7.93. The van der Waals surface area contributed by atoms with Gasteiger partial charge in [-0.15, -0.1) is 0 Å². The Bertz CT molecular complexity index is 1220. The van der Waals surface area contributed by atoms with Gasteiger partial charge in [0.2, 0.25) is 5.91 Å². The first kappa shape index (κ1) is 17.9. The minimum atomic E-state index is -3.83. The van der Waals surface area contributed by atoms with Crippen molar-refractivity contribution in [1.29, 1.82) is 0 Å². The number of nitro benzene ring substituents is 1. The van der Waals surface area contributed by atoms with Crippen LogP contribution in [0.5, 0.6) is 0 Å². The molecular formula is C19H15N3O5S. The monoisotopic (exact) mass is 397 g/mol. The minimum absolute atomic E-state index is 0.0684. The molecule has 0 fully saturated rings. The zero-order valence-corrected chi connectivity index (χ0v) is 15.3. The number of hydrogen-bond acceptors (Lipinski definition) is 5. The fraction of sp³-hybridized carbons (Fsp3) is 0.105. The van der Waals surface area contributed by atoms with Gasteiger partial charge in [-0.25, -0.2) is 8.42 Å². The lowest BCUT2D eigenvalue weighted by Crippen LogP contribution is -2.38. The van der Waals surface area contributed by atoms with Crippen molar-refractivity contribution in [1.82, 2.24) is 5.32 Å². The highest BCUT2D eigenvalue weighted by atomic mass is 32.2. The summed E-state index contributed by atoms with van der Waals surface area (Å²) in [6.45, 7) is -0.474. The Hall–Kier alpha value is -3.46. The Labute approximate surface area is 160 Å². The molecule has 3 aromatic carbocycles. The van der Waals surface area contributed by atoms with Crippen molar-refractivity contribution in [2.24, 2.45) is 0 Å². The van der Waals surface area contributed by atoms with E-state index in [0.717, 1.165) is 9.69 Å². The second-order valence-corrected chi connectivity index (χ2v) is 8.14.